The molecule has 1 N–H and O–H groups in total. The Hall–Kier alpha value is -1.32. The zero-order valence-corrected chi connectivity index (χ0v) is 12.8. The molecule has 0 amide bonds. The number of benzene rings is 1. The van der Waals surface area contributed by atoms with Crippen molar-refractivity contribution in [1.82, 2.24) is 10.3 Å². The van der Waals surface area contributed by atoms with Crippen molar-refractivity contribution < 1.29 is 0 Å². The van der Waals surface area contributed by atoms with Crippen LogP contribution in [0.15, 0.2) is 53.7 Å². The number of pyridine rings is 1. The molecule has 0 saturated carbocycles. The normalized spacial score (nSPS) is 10.7. The average Bonchev–Trinajstić information content (AvgIpc) is 2.49. The first-order valence-corrected chi connectivity index (χ1v) is 8.18. The van der Waals surface area contributed by atoms with Crippen LogP contribution in [-0.2, 0) is 13.0 Å². The third kappa shape index (κ3) is 5.35. The molecule has 0 spiro atoms. The first-order chi connectivity index (χ1) is 9.88. The number of nitrogens with one attached hydrogen (secondary N) is 1. The monoisotopic (exact) mass is 286 g/mol. The van der Waals surface area contributed by atoms with Crippen molar-refractivity contribution in [3.63, 3.8) is 0 Å². The molecule has 20 heavy (non-hydrogen) atoms. The van der Waals surface area contributed by atoms with Gasteiger partial charge in [0.2, 0.25) is 0 Å². The van der Waals surface area contributed by atoms with Gasteiger partial charge in [0.15, 0.2) is 0 Å². The molecule has 0 aliphatic carbocycles. The predicted molar refractivity (Wildman–Crippen MR) is 87.1 cm³/mol. The largest absolute Gasteiger partial charge is 0.313 e. The SMILES string of the molecule is CCCNCc1cccc(SCCc2ccncc2)c1. The van der Waals surface area contributed by atoms with Gasteiger partial charge in [0.25, 0.3) is 0 Å². The molecule has 0 atom stereocenters. The molecule has 0 unspecified atom stereocenters. The van der Waals surface area contributed by atoms with Gasteiger partial charge in [-0.1, -0.05) is 19.1 Å². The second-order valence-electron chi connectivity index (χ2n) is 4.78. The lowest BCUT2D eigenvalue weighted by molar-refractivity contribution is 0.674. The maximum absolute atomic E-state index is 4.04. The highest BCUT2D eigenvalue weighted by Gasteiger charge is 1.98. The average molecular weight is 286 g/mol. The van der Waals surface area contributed by atoms with Crippen molar-refractivity contribution in [1.29, 1.82) is 0 Å². The summed E-state index contributed by atoms with van der Waals surface area (Å²) in [5.74, 6) is 1.11. The van der Waals surface area contributed by atoms with E-state index in [1.54, 1.807) is 0 Å². The van der Waals surface area contributed by atoms with Crippen molar-refractivity contribution in [2.75, 3.05) is 12.3 Å². The first-order valence-electron chi connectivity index (χ1n) is 7.20. The summed E-state index contributed by atoms with van der Waals surface area (Å²) in [6.45, 7) is 4.24. The van der Waals surface area contributed by atoms with Gasteiger partial charge >= 0.3 is 0 Å². The standard InChI is InChI=1S/C17H22N2S/c1-2-9-19-14-16-4-3-5-17(13-16)20-12-8-15-6-10-18-11-7-15/h3-7,10-11,13,19H,2,8-9,12,14H2,1H3. The van der Waals surface area contributed by atoms with Gasteiger partial charge in [-0.15, -0.1) is 11.8 Å². The summed E-state index contributed by atoms with van der Waals surface area (Å²) in [6, 6.07) is 13.0. The second kappa shape index (κ2) is 8.77. The summed E-state index contributed by atoms with van der Waals surface area (Å²) in [4.78, 5) is 5.40. The molecule has 0 saturated heterocycles. The fourth-order valence-corrected chi connectivity index (χ4v) is 2.97. The van der Waals surface area contributed by atoms with Crippen molar-refractivity contribution >= 4 is 11.8 Å². The van der Waals surface area contributed by atoms with Crippen LogP contribution >= 0.6 is 11.8 Å². The van der Waals surface area contributed by atoms with Crippen LogP contribution < -0.4 is 5.32 Å². The Morgan fingerprint density at radius 2 is 1.95 bits per heavy atom. The minimum atomic E-state index is 0.965. The third-order valence-electron chi connectivity index (χ3n) is 3.06. The summed E-state index contributed by atoms with van der Waals surface area (Å²) in [6.07, 6.45) is 5.99. The van der Waals surface area contributed by atoms with Crippen LogP contribution in [0.3, 0.4) is 0 Å². The van der Waals surface area contributed by atoms with E-state index in [2.05, 4.69) is 53.6 Å². The quantitative estimate of drug-likeness (QED) is 0.588. The molecule has 3 heteroatoms. The number of aryl methyl sites for hydroxylation is 1. The van der Waals surface area contributed by atoms with E-state index in [1.165, 1.54) is 22.4 Å². The molecule has 0 bridgehead atoms. The third-order valence-corrected chi connectivity index (χ3v) is 4.06. The Balaban J connectivity index is 1.79. The Labute approximate surface area is 126 Å². The van der Waals surface area contributed by atoms with Gasteiger partial charge < -0.3 is 5.32 Å². The van der Waals surface area contributed by atoms with E-state index >= 15 is 0 Å². The Kier molecular flexibility index (Phi) is 6.61. The van der Waals surface area contributed by atoms with Gasteiger partial charge in [0.1, 0.15) is 0 Å². The Morgan fingerprint density at radius 1 is 1.10 bits per heavy atom. The van der Waals surface area contributed by atoms with Gasteiger partial charge in [0, 0.05) is 29.6 Å². The van der Waals surface area contributed by atoms with Gasteiger partial charge in [-0.2, -0.15) is 0 Å². The molecule has 2 aromatic rings. The minimum Gasteiger partial charge on any atom is -0.313 e. The predicted octanol–water partition coefficient (Wildman–Crippen LogP) is 3.92. The smallest absolute Gasteiger partial charge is 0.0270 e. The summed E-state index contributed by atoms with van der Waals surface area (Å²) in [5, 5.41) is 3.44. The topological polar surface area (TPSA) is 24.9 Å². The number of aromatic nitrogens is 1. The van der Waals surface area contributed by atoms with E-state index in [-0.39, 0.29) is 0 Å². The van der Waals surface area contributed by atoms with Crippen LogP contribution in [0.5, 0.6) is 0 Å². The molecule has 1 heterocycles. The lowest BCUT2D eigenvalue weighted by atomic mass is 10.2. The molecular formula is C17H22N2S. The van der Waals surface area contributed by atoms with E-state index in [4.69, 9.17) is 0 Å². The maximum atomic E-state index is 4.04. The Morgan fingerprint density at radius 3 is 2.75 bits per heavy atom. The van der Waals surface area contributed by atoms with Crippen molar-refractivity contribution in [3.05, 3.63) is 59.9 Å². The van der Waals surface area contributed by atoms with Crippen molar-refractivity contribution in [3.8, 4) is 0 Å². The van der Waals surface area contributed by atoms with E-state index in [9.17, 15) is 0 Å². The van der Waals surface area contributed by atoms with E-state index in [0.29, 0.717) is 0 Å². The maximum Gasteiger partial charge on any atom is 0.0270 e. The number of thioether (sulfide) groups is 1. The van der Waals surface area contributed by atoms with Crippen molar-refractivity contribution in [2.24, 2.45) is 0 Å². The highest BCUT2D eigenvalue weighted by molar-refractivity contribution is 7.99. The van der Waals surface area contributed by atoms with E-state index < -0.39 is 0 Å². The van der Waals surface area contributed by atoms with Crippen LogP contribution in [0.4, 0.5) is 0 Å². The molecule has 0 radical (unpaired) electrons. The van der Waals surface area contributed by atoms with Crippen LogP contribution in [0.1, 0.15) is 24.5 Å². The Bertz CT molecular complexity index is 499. The molecule has 1 aromatic heterocycles. The van der Waals surface area contributed by atoms with Crippen molar-refractivity contribution in [2.45, 2.75) is 31.2 Å². The molecule has 0 aliphatic heterocycles. The zero-order valence-electron chi connectivity index (χ0n) is 12.0. The highest BCUT2D eigenvalue weighted by Crippen LogP contribution is 2.20. The van der Waals surface area contributed by atoms with Crippen LogP contribution in [-0.4, -0.2) is 17.3 Å². The van der Waals surface area contributed by atoms with Gasteiger partial charge in [0.05, 0.1) is 0 Å². The highest BCUT2D eigenvalue weighted by atomic mass is 32.2. The second-order valence-corrected chi connectivity index (χ2v) is 5.95. The number of hydrogen-bond acceptors (Lipinski definition) is 3. The van der Waals surface area contributed by atoms with E-state index in [1.807, 2.05) is 24.2 Å². The summed E-state index contributed by atoms with van der Waals surface area (Å²) in [5.41, 5.74) is 2.72. The number of nitrogens with zero attached hydrogens (tertiary/aromatic N) is 1. The van der Waals surface area contributed by atoms with E-state index in [0.717, 1.165) is 25.3 Å². The van der Waals surface area contributed by atoms with Gasteiger partial charge in [-0.3, -0.25) is 4.98 Å². The molecule has 2 nitrogen and oxygen atoms in total. The lowest BCUT2D eigenvalue weighted by Gasteiger charge is -2.06. The summed E-state index contributed by atoms with van der Waals surface area (Å²) >= 11 is 1.92. The molecule has 0 fully saturated rings. The first kappa shape index (κ1) is 15.1. The molecule has 106 valence electrons. The lowest BCUT2D eigenvalue weighted by Crippen LogP contribution is -2.13. The number of hydrogen-bond donors (Lipinski definition) is 1. The summed E-state index contributed by atoms with van der Waals surface area (Å²) < 4.78 is 0. The molecule has 1 aromatic carbocycles. The van der Waals surface area contributed by atoms with Gasteiger partial charge in [-0.25, -0.2) is 0 Å². The number of rotatable bonds is 8. The van der Waals surface area contributed by atoms with Crippen LogP contribution in [0.25, 0.3) is 0 Å². The fourth-order valence-electron chi connectivity index (χ4n) is 1.99. The molecule has 0 aliphatic rings. The summed E-state index contributed by atoms with van der Waals surface area (Å²) in [7, 11) is 0. The molecular weight excluding hydrogens is 264 g/mol. The fraction of sp³-hybridized carbons (Fsp3) is 0.353. The minimum absolute atomic E-state index is 0.965. The van der Waals surface area contributed by atoms with Crippen LogP contribution in [0.2, 0.25) is 0 Å². The zero-order chi connectivity index (χ0) is 14.0. The van der Waals surface area contributed by atoms with Gasteiger partial charge in [-0.05, 0) is 54.8 Å². The molecule has 2 rings (SSSR count). The van der Waals surface area contributed by atoms with Crippen LogP contribution in [0, 0.1) is 0 Å².